The quantitative estimate of drug-likeness (QED) is 0.912. The van der Waals surface area contributed by atoms with Crippen molar-refractivity contribution in [3.63, 3.8) is 0 Å². The fraction of sp³-hybridized carbons (Fsp3) is 0.600. The van der Waals surface area contributed by atoms with E-state index in [1.54, 1.807) is 6.07 Å². The van der Waals surface area contributed by atoms with Crippen LogP contribution in [-0.2, 0) is 22.6 Å². The second-order valence-corrected chi connectivity index (χ2v) is 5.28. The zero-order chi connectivity index (χ0) is 13.8. The number of hydrogen-bond acceptors (Lipinski definition) is 3. The highest BCUT2D eigenvalue weighted by molar-refractivity contribution is 5.27. The van der Waals surface area contributed by atoms with Gasteiger partial charge in [0, 0.05) is 6.54 Å². The van der Waals surface area contributed by atoms with Crippen molar-refractivity contribution in [2.75, 3.05) is 0 Å². The van der Waals surface area contributed by atoms with Gasteiger partial charge in [-0.3, -0.25) is 0 Å². The average Bonchev–Trinajstić information content (AvgIpc) is 2.36. The molecule has 1 aromatic rings. The summed E-state index contributed by atoms with van der Waals surface area (Å²) in [5.74, 6) is -0.252. The van der Waals surface area contributed by atoms with Crippen LogP contribution in [0.1, 0.15) is 37.8 Å². The molecule has 1 fully saturated rings. The highest BCUT2D eigenvalue weighted by atomic mass is 19.1. The third kappa shape index (κ3) is 4.00. The fourth-order valence-corrected chi connectivity index (χ4v) is 2.61. The van der Waals surface area contributed by atoms with Gasteiger partial charge in [0.2, 0.25) is 0 Å². The lowest BCUT2D eigenvalue weighted by molar-refractivity contribution is -0.106. The van der Waals surface area contributed by atoms with E-state index in [-0.39, 0.29) is 24.1 Å². The minimum Gasteiger partial charge on any atom is -0.375 e. The maximum absolute atomic E-state index is 13.1. The van der Waals surface area contributed by atoms with Gasteiger partial charge < -0.3 is 15.2 Å². The highest BCUT2D eigenvalue weighted by Gasteiger charge is 2.25. The number of rotatable bonds is 4. The number of nitrogens with two attached hydrogens (primary N) is 1. The first-order valence-corrected chi connectivity index (χ1v) is 6.83. The van der Waals surface area contributed by atoms with Gasteiger partial charge in [0.05, 0.1) is 24.9 Å². The van der Waals surface area contributed by atoms with E-state index < -0.39 is 0 Å². The van der Waals surface area contributed by atoms with E-state index in [9.17, 15) is 4.39 Å². The van der Waals surface area contributed by atoms with Crippen molar-refractivity contribution in [3.8, 4) is 0 Å². The summed E-state index contributed by atoms with van der Waals surface area (Å²) in [5, 5.41) is 0. The van der Waals surface area contributed by atoms with Crippen LogP contribution < -0.4 is 5.73 Å². The van der Waals surface area contributed by atoms with Crippen molar-refractivity contribution in [3.05, 3.63) is 35.1 Å². The average molecular weight is 267 g/mol. The molecule has 1 saturated heterocycles. The van der Waals surface area contributed by atoms with E-state index in [2.05, 4.69) is 13.8 Å². The molecule has 2 N–H and O–H groups in total. The van der Waals surface area contributed by atoms with Crippen molar-refractivity contribution < 1.29 is 13.9 Å². The van der Waals surface area contributed by atoms with E-state index in [4.69, 9.17) is 15.2 Å². The molecule has 0 radical (unpaired) electrons. The lowest BCUT2D eigenvalue weighted by atomic mass is 10.0. The van der Waals surface area contributed by atoms with Crippen molar-refractivity contribution in [1.82, 2.24) is 0 Å². The Hall–Kier alpha value is -0.970. The fourth-order valence-electron chi connectivity index (χ4n) is 2.61. The Morgan fingerprint density at radius 3 is 2.58 bits per heavy atom. The molecule has 106 valence electrons. The van der Waals surface area contributed by atoms with Gasteiger partial charge in [0.1, 0.15) is 5.82 Å². The standard InChI is InChI=1S/C15H22FNO2/c1-10-5-15(6-11(2)19-10)18-9-12-3-4-14(16)7-13(12)8-17/h3-4,7,10-11,15H,5-6,8-9,17H2,1-2H3. The SMILES string of the molecule is CC1CC(OCc2ccc(F)cc2CN)CC(C)O1. The molecular weight excluding hydrogens is 245 g/mol. The molecule has 1 heterocycles. The summed E-state index contributed by atoms with van der Waals surface area (Å²) >= 11 is 0. The van der Waals surface area contributed by atoms with Gasteiger partial charge in [-0.05, 0) is 49.9 Å². The minimum absolute atomic E-state index is 0.203. The second-order valence-electron chi connectivity index (χ2n) is 5.28. The van der Waals surface area contributed by atoms with E-state index >= 15 is 0 Å². The summed E-state index contributed by atoms with van der Waals surface area (Å²) in [6, 6.07) is 4.69. The van der Waals surface area contributed by atoms with E-state index in [1.807, 2.05) is 0 Å². The monoisotopic (exact) mass is 267 g/mol. The molecule has 0 amide bonds. The van der Waals surface area contributed by atoms with Crippen LogP contribution in [0.5, 0.6) is 0 Å². The highest BCUT2D eigenvalue weighted by Crippen LogP contribution is 2.23. The molecule has 2 atom stereocenters. The molecule has 19 heavy (non-hydrogen) atoms. The van der Waals surface area contributed by atoms with Crippen LogP contribution >= 0.6 is 0 Å². The summed E-state index contributed by atoms with van der Waals surface area (Å²) in [5.41, 5.74) is 7.41. The molecular formula is C15H22FNO2. The van der Waals surface area contributed by atoms with Crippen LogP contribution in [-0.4, -0.2) is 18.3 Å². The first-order valence-electron chi connectivity index (χ1n) is 6.83. The van der Waals surface area contributed by atoms with Crippen LogP contribution in [0.2, 0.25) is 0 Å². The predicted molar refractivity (Wildman–Crippen MR) is 72.1 cm³/mol. The van der Waals surface area contributed by atoms with Gasteiger partial charge in [-0.25, -0.2) is 4.39 Å². The smallest absolute Gasteiger partial charge is 0.123 e. The van der Waals surface area contributed by atoms with Gasteiger partial charge in [0.15, 0.2) is 0 Å². The summed E-state index contributed by atoms with van der Waals surface area (Å²) in [7, 11) is 0. The third-order valence-electron chi connectivity index (χ3n) is 3.52. The summed E-state index contributed by atoms with van der Waals surface area (Å²) in [6.45, 7) is 4.94. The normalized spacial score (nSPS) is 27.5. The lowest BCUT2D eigenvalue weighted by Crippen LogP contribution is -2.34. The maximum atomic E-state index is 13.1. The topological polar surface area (TPSA) is 44.5 Å². The molecule has 0 aliphatic carbocycles. The van der Waals surface area contributed by atoms with Gasteiger partial charge in [-0.15, -0.1) is 0 Å². The summed E-state index contributed by atoms with van der Waals surface area (Å²) < 4.78 is 24.7. The second kappa shape index (κ2) is 6.46. The molecule has 4 heteroatoms. The molecule has 3 nitrogen and oxygen atoms in total. The van der Waals surface area contributed by atoms with Crippen LogP contribution in [0.25, 0.3) is 0 Å². The first kappa shape index (κ1) is 14.4. The van der Waals surface area contributed by atoms with Crippen molar-refractivity contribution >= 4 is 0 Å². The van der Waals surface area contributed by atoms with Gasteiger partial charge in [-0.2, -0.15) is 0 Å². The Morgan fingerprint density at radius 1 is 1.26 bits per heavy atom. The third-order valence-corrected chi connectivity index (χ3v) is 3.52. The molecule has 1 aliphatic rings. The number of hydrogen-bond donors (Lipinski definition) is 1. The molecule has 1 aliphatic heterocycles. The van der Waals surface area contributed by atoms with Crippen molar-refractivity contribution in [1.29, 1.82) is 0 Å². The lowest BCUT2D eigenvalue weighted by Gasteiger charge is -2.32. The Bertz CT molecular complexity index is 415. The molecule has 0 bridgehead atoms. The zero-order valence-electron chi connectivity index (χ0n) is 11.6. The van der Waals surface area contributed by atoms with Gasteiger partial charge in [0.25, 0.3) is 0 Å². The van der Waals surface area contributed by atoms with E-state index in [1.165, 1.54) is 12.1 Å². The zero-order valence-corrected chi connectivity index (χ0v) is 11.6. The Labute approximate surface area is 113 Å². The van der Waals surface area contributed by atoms with Gasteiger partial charge in [-0.1, -0.05) is 6.07 Å². The largest absolute Gasteiger partial charge is 0.375 e. The Kier molecular flexibility index (Phi) is 4.91. The van der Waals surface area contributed by atoms with Crippen LogP contribution in [0.4, 0.5) is 4.39 Å². The molecule has 1 aromatic carbocycles. The minimum atomic E-state index is -0.252. The molecule has 0 spiro atoms. The number of benzene rings is 1. The van der Waals surface area contributed by atoms with Crippen molar-refractivity contribution in [2.45, 2.75) is 58.2 Å². The molecule has 0 aromatic heterocycles. The Balaban J connectivity index is 1.95. The van der Waals surface area contributed by atoms with Crippen LogP contribution in [0, 0.1) is 5.82 Å². The maximum Gasteiger partial charge on any atom is 0.123 e. The molecule has 0 saturated carbocycles. The number of ether oxygens (including phenoxy) is 2. The molecule has 2 rings (SSSR count). The van der Waals surface area contributed by atoms with E-state index in [0.717, 1.165) is 24.0 Å². The summed E-state index contributed by atoms with van der Waals surface area (Å²) in [6.07, 6.45) is 2.48. The van der Waals surface area contributed by atoms with E-state index in [0.29, 0.717) is 13.2 Å². The predicted octanol–water partition coefficient (Wildman–Crippen LogP) is 2.76. The first-order chi connectivity index (χ1) is 9.08. The van der Waals surface area contributed by atoms with Crippen molar-refractivity contribution in [2.24, 2.45) is 5.73 Å². The molecule has 2 unspecified atom stereocenters. The number of halogens is 1. The Morgan fingerprint density at radius 2 is 1.95 bits per heavy atom. The van der Waals surface area contributed by atoms with Gasteiger partial charge >= 0.3 is 0 Å². The summed E-state index contributed by atoms with van der Waals surface area (Å²) in [4.78, 5) is 0. The van der Waals surface area contributed by atoms with Crippen LogP contribution in [0.3, 0.4) is 0 Å². The van der Waals surface area contributed by atoms with Crippen LogP contribution in [0.15, 0.2) is 18.2 Å².